The van der Waals surface area contributed by atoms with Crippen molar-refractivity contribution in [2.45, 2.75) is 33.6 Å². The van der Waals surface area contributed by atoms with E-state index < -0.39 is 9.84 Å². The molecule has 0 fully saturated rings. The molecule has 0 bridgehead atoms. The summed E-state index contributed by atoms with van der Waals surface area (Å²) in [5.74, 6) is 0.284. The minimum absolute atomic E-state index is 0.284. The Bertz CT molecular complexity index is 245. The van der Waals surface area contributed by atoms with Crippen molar-refractivity contribution in [3.63, 3.8) is 0 Å². The predicted octanol–water partition coefficient (Wildman–Crippen LogP) is 1.45. The lowest BCUT2D eigenvalue weighted by Gasteiger charge is -2.22. The van der Waals surface area contributed by atoms with Gasteiger partial charge in [0, 0.05) is 12.8 Å². The number of sulfone groups is 1. The second-order valence-corrected chi connectivity index (χ2v) is 6.94. The van der Waals surface area contributed by atoms with Crippen LogP contribution in [-0.4, -0.2) is 33.5 Å². The standard InChI is InChI=1S/C10H23NO2S/c1-5-10(2,3)9-11-7-6-8-14(4,12)13/h11H,5-9H2,1-4H3. The Morgan fingerprint density at radius 3 is 2.29 bits per heavy atom. The molecule has 0 aromatic carbocycles. The molecule has 0 aliphatic carbocycles. The van der Waals surface area contributed by atoms with E-state index in [0.717, 1.165) is 19.5 Å². The Hall–Kier alpha value is -0.0900. The van der Waals surface area contributed by atoms with E-state index in [1.54, 1.807) is 0 Å². The summed E-state index contributed by atoms with van der Waals surface area (Å²) in [7, 11) is -2.79. The molecule has 0 saturated heterocycles. The molecule has 0 aliphatic heterocycles. The van der Waals surface area contributed by atoms with Gasteiger partial charge >= 0.3 is 0 Å². The van der Waals surface area contributed by atoms with Crippen molar-refractivity contribution >= 4 is 9.84 Å². The van der Waals surface area contributed by atoms with Gasteiger partial charge in [0.15, 0.2) is 0 Å². The van der Waals surface area contributed by atoms with Gasteiger partial charge in [0.1, 0.15) is 9.84 Å². The van der Waals surface area contributed by atoms with Crippen molar-refractivity contribution in [1.82, 2.24) is 5.32 Å². The first-order valence-corrected chi connectivity index (χ1v) is 7.21. The topological polar surface area (TPSA) is 46.2 Å². The molecule has 14 heavy (non-hydrogen) atoms. The van der Waals surface area contributed by atoms with Gasteiger partial charge in [0.25, 0.3) is 0 Å². The summed E-state index contributed by atoms with van der Waals surface area (Å²) in [6.07, 6.45) is 3.12. The Morgan fingerprint density at radius 2 is 1.86 bits per heavy atom. The summed E-state index contributed by atoms with van der Waals surface area (Å²) in [4.78, 5) is 0. The largest absolute Gasteiger partial charge is 0.316 e. The fourth-order valence-electron chi connectivity index (χ4n) is 1.01. The van der Waals surface area contributed by atoms with E-state index in [9.17, 15) is 8.42 Å². The van der Waals surface area contributed by atoms with Crippen LogP contribution in [0.1, 0.15) is 33.6 Å². The van der Waals surface area contributed by atoms with Gasteiger partial charge in [0.05, 0.1) is 5.75 Å². The molecule has 0 atom stereocenters. The molecular weight excluding hydrogens is 198 g/mol. The fourth-order valence-corrected chi connectivity index (χ4v) is 1.68. The van der Waals surface area contributed by atoms with Crippen molar-refractivity contribution in [1.29, 1.82) is 0 Å². The molecule has 0 heterocycles. The Kier molecular flexibility index (Phi) is 5.67. The second kappa shape index (κ2) is 5.71. The molecule has 0 aromatic heterocycles. The first kappa shape index (κ1) is 13.9. The summed E-state index contributed by atoms with van der Waals surface area (Å²) in [5.41, 5.74) is 0.311. The second-order valence-electron chi connectivity index (χ2n) is 4.68. The monoisotopic (exact) mass is 221 g/mol. The van der Waals surface area contributed by atoms with Crippen molar-refractivity contribution in [3.8, 4) is 0 Å². The smallest absolute Gasteiger partial charge is 0.147 e. The van der Waals surface area contributed by atoms with Gasteiger partial charge in [-0.15, -0.1) is 0 Å². The average molecular weight is 221 g/mol. The van der Waals surface area contributed by atoms with Crippen LogP contribution < -0.4 is 5.32 Å². The fraction of sp³-hybridized carbons (Fsp3) is 1.00. The molecule has 0 saturated carbocycles. The van der Waals surface area contributed by atoms with Gasteiger partial charge < -0.3 is 5.32 Å². The van der Waals surface area contributed by atoms with Gasteiger partial charge in [0.2, 0.25) is 0 Å². The van der Waals surface area contributed by atoms with Gasteiger partial charge in [-0.05, 0) is 24.8 Å². The van der Waals surface area contributed by atoms with E-state index in [4.69, 9.17) is 0 Å². The lowest BCUT2D eigenvalue weighted by molar-refractivity contribution is 0.329. The van der Waals surface area contributed by atoms with Gasteiger partial charge in [-0.1, -0.05) is 20.8 Å². The molecule has 0 spiro atoms. The van der Waals surface area contributed by atoms with E-state index in [2.05, 4.69) is 26.1 Å². The third-order valence-corrected chi connectivity index (χ3v) is 3.46. The lowest BCUT2D eigenvalue weighted by atomic mass is 9.90. The van der Waals surface area contributed by atoms with E-state index in [0.29, 0.717) is 11.8 Å². The maximum absolute atomic E-state index is 10.8. The van der Waals surface area contributed by atoms with Gasteiger partial charge in [-0.3, -0.25) is 0 Å². The molecule has 3 nitrogen and oxygen atoms in total. The quantitative estimate of drug-likeness (QED) is 0.662. The van der Waals surface area contributed by atoms with Crippen molar-refractivity contribution in [3.05, 3.63) is 0 Å². The van der Waals surface area contributed by atoms with Crippen LogP contribution in [0.3, 0.4) is 0 Å². The molecule has 0 aromatic rings. The Balaban J connectivity index is 3.49. The van der Waals surface area contributed by atoms with E-state index in [1.165, 1.54) is 6.26 Å². The highest BCUT2D eigenvalue weighted by atomic mass is 32.2. The first-order chi connectivity index (χ1) is 6.27. The summed E-state index contributed by atoms with van der Waals surface area (Å²) < 4.78 is 21.6. The van der Waals surface area contributed by atoms with E-state index in [-0.39, 0.29) is 5.75 Å². The molecule has 0 aliphatic rings. The highest BCUT2D eigenvalue weighted by Crippen LogP contribution is 2.17. The third kappa shape index (κ3) is 8.51. The van der Waals surface area contributed by atoms with Crippen LogP contribution in [0.5, 0.6) is 0 Å². The van der Waals surface area contributed by atoms with Crippen LogP contribution in [0.25, 0.3) is 0 Å². The van der Waals surface area contributed by atoms with Crippen molar-refractivity contribution in [2.24, 2.45) is 5.41 Å². The zero-order chi connectivity index (χ0) is 11.2. The van der Waals surface area contributed by atoms with Crippen LogP contribution in [0.2, 0.25) is 0 Å². The molecule has 4 heteroatoms. The number of rotatable bonds is 7. The molecule has 0 unspecified atom stereocenters. The number of nitrogens with one attached hydrogen (secondary N) is 1. The summed E-state index contributed by atoms with van der Waals surface area (Å²) >= 11 is 0. The zero-order valence-electron chi connectivity index (χ0n) is 9.76. The van der Waals surface area contributed by atoms with Gasteiger partial charge in [-0.25, -0.2) is 8.42 Å². The summed E-state index contributed by atoms with van der Waals surface area (Å²) in [6, 6.07) is 0. The first-order valence-electron chi connectivity index (χ1n) is 5.15. The number of hydrogen-bond donors (Lipinski definition) is 1. The van der Waals surface area contributed by atoms with Crippen LogP contribution in [-0.2, 0) is 9.84 Å². The molecule has 1 N–H and O–H groups in total. The normalized spacial score (nSPS) is 13.1. The number of hydrogen-bond acceptors (Lipinski definition) is 3. The van der Waals surface area contributed by atoms with Gasteiger partial charge in [-0.2, -0.15) is 0 Å². The lowest BCUT2D eigenvalue weighted by Crippen LogP contribution is -2.30. The zero-order valence-corrected chi connectivity index (χ0v) is 10.6. The molecule has 0 radical (unpaired) electrons. The molecule has 0 amide bonds. The summed E-state index contributed by atoms with van der Waals surface area (Å²) in [5, 5.41) is 3.28. The highest BCUT2D eigenvalue weighted by Gasteiger charge is 2.13. The average Bonchev–Trinajstić information content (AvgIpc) is 2.01. The van der Waals surface area contributed by atoms with Crippen LogP contribution in [0, 0.1) is 5.41 Å². The minimum Gasteiger partial charge on any atom is -0.316 e. The highest BCUT2D eigenvalue weighted by molar-refractivity contribution is 7.90. The predicted molar refractivity (Wildman–Crippen MR) is 61.3 cm³/mol. The molecular formula is C10H23NO2S. The molecule has 86 valence electrons. The summed E-state index contributed by atoms with van der Waals surface area (Å²) in [6.45, 7) is 8.31. The SMILES string of the molecule is CCC(C)(C)CNCCCS(C)(=O)=O. The van der Waals surface area contributed by atoms with Crippen molar-refractivity contribution in [2.75, 3.05) is 25.1 Å². The maximum atomic E-state index is 10.8. The third-order valence-electron chi connectivity index (χ3n) is 2.43. The van der Waals surface area contributed by atoms with Crippen LogP contribution in [0.15, 0.2) is 0 Å². The maximum Gasteiger partial charge on any atom is 0.147 e. The van der Waals surface area contributed by atoms with E-state index in [1.807, 2.05) is 0 Å². The minimum atomic E-state index is -2.79. The van der Waals surface area contributed by atoms with Crippen LogP contribution >= 0.6 is 0 Å². The molecule has 0 rings (SSSR count). The van der Waals surface area contributed by atoms with Crippen molar-refractivity contribution < 1.29 is 8.42 Å². The Morgan fingerprint density at radius 1 is 1.29 bits per heavy atom. The van der Waals surface area contributed by atoms with Crippen LogP contribution in [0.4, 0.5) is 0 Å². The van der Waals surface area contributed by atoms with E-state index >= 15 is 0 Å². The Labute approximate surface area is 88.2 Å².